The predicted molar refractivity (Wildman–Crippen MR) is 108 cm³/mol. The van der Waals surface area contributed by atoms with Crippen LogP contribution in [0.4, 0.5) is 0 Å². The van der Waals surface area contributed by atoms with Gasteiger partial charge in [-0.1, -0.05) is 109 Å². The van der Waals surface area contributed by atoms with E-state index in [0.29, 0.717) is 0 Å². The molecule has 4 aromatic rings. The summed E-state index contributed by atoms with van der Waals surface area (Å²) >= 11 is 0. The fourth-order valence-electron chi connectivity index (χ4n) is 4.85. The molecular formula is C26H18O2. The molecule has 0 N–H and O–H groups in total. The molecule has 3 aliphatic rings. The Balaban J connectivity index is 1.77. The number of hydrogen-bond donors (Lipinski definition) is 0. The van der Waals surface area contributed by atoms with Crippen LogP contribution in [0.25, 0.3) is 0 Å². The highest BCUT2D eigenvalue weighted by Crippen LogP contribution is 2.60. The van der Waals surface area contributed by atoms with Gasteiger partial charge in [-0.05, 0) is 11.1 Å². The van der Waals surface area contributed by atoms with E-state index in [1.165, 1.54) is 0 Å². The lowest BCUT2D eigenvalue weighted by molar-refractivity contribution is -0.410. The molecule has 0 amide bonds. The van der Waals surface area contributed by atoms with Gasteiger partial charge in [-0.25, -0.2) is 9.78 Å². The molecule has 0 atom stereocenters. The van der Waals surface area contributed by atoms with Crippen molar-refractivity contribution in [2.24, 2.45) is 0 Å². The van der Waals surface area contributed by atoms with Gasteiger partial charge in [0.1, 0.15) is 0 Å². The number of hydrogen-bond acceptors (Lipinski definition) is 2. The molecule has 0 saturated carbocycles. The van der Waals surface area contributed by atoms with Gasteiger partial charge in [0.25, 0.3) is 0 Å². The van der Waals surface area contributed by atoms with Crippen LogP contribution in [-0.2, 0) is 21.0 Å². The maximum Gasteiger partial charge on any atom is 0.179 e. The van der Waals surface area contributed by atoms with Crippen molar-refractivity contribution in [1.82, 2.24) is 0 Å². The maximum absolute atomic E-state index is 6.36. The highest BCUT2D eigenvalue weighted by molar-refractivity contribution is 5.66. The summed E-state index contributed by atoms with van der Waals surface area (Å²) in [6, 6.07) is 37.7. The van der Waals surface area contributed by atoms with Crippen LogP contribution in [0, 0.1) is 0 Å². The molecule has 134 valence electrons. The molecule has 0 radical (unpaired) electrons. The summed E-state index contributed by atoms with van der Waals surface area (Å²) in [5.74, 6) is 0. The van der Waals surface area contributed by atoms with Crippen LogP contribution in [0.5, 0.6) is 0 Å². The number of rotatable bonds is 2. The SMILES string of the molecule is c1ccc(C23[18O][18O]C(c4ccccc4)(c4ccccc42)c2ccccc23)cc1. The molecule has 0 aromatic heterocycles. The summed E-state index contributed by atoms with van der Waals surface area (Å²) in [5.41, 5.74) is 5.12. The molecule has 0 saturated heterocycles. The van der Waals surface area contributed by atoms with Gasteiger partial charge in [-0.3, -0.25) is 0 Å². The van der Waals surface area contributed by atoms with Crippen LogP contribution in [-0.4, -0.2) is 0 Å². The van der Waals surface area contributed by atoms with Crippen LogP contribution < -0.4 is 0 Å². The van der Waals surface area contributed by atoms with Crippen LogP contribution >= 0.6 is 0 Å². The third-order valence-corrected chi connectivity index (χ3v) is 6.02. The van der Waals surface area contributed by atoms with Crippen molar-refractivity contribution in [3.8, 4) is 0 Å². The Kier molecular flexibility index (Phi) is 3.19. The first-order valence-corrected chi connectivity index (χ1v) is 9.55. The van der Waals surface area contributed by atoms with Crippen molar-refractivity contribution in [3.05, 3.63) is 143 Å². The first-order valence-electron chi connectivity index (χ1n) is 9.55. The average molecular weight is 366 g/mol. The van der Waals surface area contributed by atoms with Crippen molar-refractivity contribution < 1.29 is 9.78 Å². The minimum Gasteiger partial charge on any atom is -0.214 e. The smallest absolute Gasteiger partial charge is 0.179 e. The van der Waals surface area contributed by atoms with Crippen molar-refractivity contribution in [3.63, 3.8) is 0 Å². The van der Waals surface area contributed by atoms with Crippen molar-refractivity contribution in [2.45, 2.75) is 11.2 Å². The van der Waals surface area contributed by atoms with Gasteiger partial charge in [-0.2, -0.15) is 0 Å². The van der Waals surface area contributed by atoms with Crippen molar-refractivity contribution in [1.29, 1.82) is 0 Å². The lowest BCUT2D eigenvalue weighted by Gasteiger charge is -2.53. The van der Waals surface area contributed by atoms with Crippen LogP contribution in [0.3, 0.4) is 0 Å². The Labute approximate surface area is 163 Å². The highest BCUT2D eigenvalue weighted by Gasteiger charge is 2.60. The Hall–Kier alpha value is -3.20. The van der Waals surface area contributed by atoms with Crippen molar-refractivity contribution >= 4 is 0 Å². The zero-order chi connectivity index (χ0) is 18.6. The maximum atomic E-state index is 6.36. The molecule has 2 aliphatic heterocycles. The van der Waals surface area contributed by atoms with E-state index in [9.17, 15) is 0 Å². The van der Waals surface area contributed by atoms with E-state index in [-0.39, 0.29) is 0 Å². The summed E-state index contributed by atoms with van der Waals surface area (Å²) in [4.78, 5) is 12.7. The van der Waals surface area contributed by atoms with Gasteiger partial charge >= 0.3 is 0 Å². The Morgan fingerprint density at radius 2 is 0.643 bits per heavy atom. The summed E-state index contributed by atoms with van der Waals surface area (Å²) in [6.07, 6.45) is 0. The third kappa shape index (κ3) is 1.79. The molecule has 28 heavy (non-hydrogen) atoms. The third-order valence-electron chi connectivity index (χ3n) is 6.02. The van der Waals surface area contributed by atoms with E-state index in [0.717, 1.165) is 33.4 Å². The van der Waals surface area contributed by atoms with Crippen LogP contribution in [0.2, 0.25) is 0 Å². The van der Waals surface area contributed by atoms with E-state index in [2.05, 4.69) is 72.8 Å². The minimum absolute atomic E-state index is 0.773. The van der Waals surface area contributed by atoms with Crippen LogP contribution in [0.1, 0.15) is 33.4 Å². The molecule has 2 nitrogen and oxygen atoms in total. The number of benzene rings is 4. The molecule has 2 bridgehead atoms. The second-order valence-corrected chi connectivity index (χ2v) is 7.35. The standard InChI is InChI=1S/C26H18O2/c1-3-11-19(12-4-1)25-21-15-7-9-17-23(21)26(28-27-25,20-13-5-2-6-14-20)24-18-10-8-16-22(24)25/h1-18H/i27+2,28+2. The first kappa shape index (κ1) is 15.8. The molecule has 7 rings (SSSR count). The van der Waals surface area contributed by atoms with Crippen molar-refractivity contribution in [2.75, 3.05) is 0 Å². The first-order chi connectivity index (χ1) is 13.9. The molecular weight excluding hydrogens is 348 g/mol. The zero-order valence-electron chi connectivity index (χ0n) is 15.2. The topological polar surface area (TPSA) is 18.5 Å². The fourth-order valence-corrected chi connectivity index (χ4v) is 4.85. The lowest BCUT2D eigenvalue weighted by Crippen LogP contribution is -2.53. The Morgan fingerprint density at radius 1 is 0.357 bits per heavy atom. The summed E-state index contributed by atoms with van der Waals surface area (Å²) < 4.78 is 0. The van der Waals surface area contributed by atoms with Gasteiger partial charge in [0.05, 0.1) is 0 Å². The summed E-state index contributed by atoms with van der Waals surface area (Å²) in [7, 11) is 0. The van der Waals surface area contributed by atoms with Gasteiger partial charge in [0, 0.05) is 22.3 Å². The quantitative estimate of drug-likeness (QED) is 0.342. The Morgan fingerprint density at radius 3 is 0.964 bits per heavy atom. The normalized spacial score (nSPS) is 24.4. The van der Waals surface area contributed by atoms with E-state index in [1.807, 2.05) is 36.4 Å². The monoisotopic (exact) mass is 366 g/mol. The van der Waals surface area contributed by atoms with Gasteiger partial charge in [0.2, 0.25) is 0 Å². The van der Waals surface area contributed by atoms with E-state index < -0.39 is 11.2 Å². The second kappa shape index (κ2) is 5.65. The average Bonchev–Trinajstić information content (AvgIpc) is 2.80. The molecule has 4 aromatic carbocycles. The molecule has 1 aliphatic carbocycles. The van der Waals surface area contributed by atoms with Crippen LogP contribution in [0.15, 0.2) is 109 Å². The van der Waals surface area contributed by atoms with E-state index in [1.54, 1.807) is 0 Å². The lowest BCUT2D eigenvalue weighted by atomic mass is 9.64. The highest BCUT2D eigenvalue weighted by atomic mass is 19.1. The summed E-state index contributed by atoms with van der Waals surface area (Å²) in [5, 5.41) is 0. The second-order valence-electron chi connectivity index (χ2n) is 7.35. The largest absolute Gasteiger partial charge is 0.214 e. The molecule has 0 unspecified atom stereocenters. The predicted octanol–water partition coefficient (Wildman–Crippen LogP) is 5.55. The van der Waals surface area contributed by atoms with Gasteiger partial charge in [0.15, 0.2) is 11.2 Å². The zero-order valence-corrected chi connectivity index (χ0v) is 15.2. The minimum atomic E-state index is -0.773. The molecule has 0 spiro atoms. The summed E-state index contributed by atoms with van der Waals surface area (Å²) in [6.45, 7) is 0. The van der Waals surface area contributed by atoms with Gasteiger partial charge < -0.3 is 0 Å². The molecule has 2 heterocycles. The molecule has 2 heteroatoms. The van der Waals surface area contributed by atoms with Gasteiger partial charge in [-0.15, -0.1) is 0 Å². The molecule has 0 fully saturated rings. The fraction of sp³-hybridized carbons (Fsp3) is 0.0769. The van der Waals surface area contributed by atoms with E-state index in [4.69, 9.17) is 9.78 Å². The Bertz CT molecular complexity index is 1020. The number of fused-ring (bicyclic) bond motifs is 1. The van der Waals surface area contributed by atoms with E-state index >= 15 is 0 Å².